The molecule has 684 valence electrons. The first kappa shape index (κ1) is 82.5. The van der Waals surface area contributed by atoms with E-state index < -0.39 is 11.2 Å². The molecule has 16 heterocycles. The number of anilines is 8. The Morgan fingerprint density at radius 1 is 0.351 bits per heavy atom. The van der Waals surface area contributed by atoms with Crippen LogP contribution >= 0.6 is 23.2 Å². The number of pyridine rings is 4. The third-order valence-electron chi connectivity index (χ3n) is 32.8. The molecule has 16 aromatic heterocycles. The van der Waals surface area contributed by atoms with Gasteiger partial charge in [0.05, 0.1) is 117 Å². The van der Waals surface area contributed by atoms with Crippen LogP contribution in [0.2, 0.25) is 10.0 Å². The second-order valence-corrected chi connectivity index (χ2v) is 41.9. The summed E-state index contributed by atoms with van der Waals surface area (Å²) in [6.45, 7) is 3.99. The zero-order valence-electron chi connectivity index (χ0n) is 74.3. The summed E-state index contributed by atoms with van der Waals surface area (Å²) in [5.74, 6) is 6.48. The summed E-state index contributed by atoms with van der Waals surface area (Å²) in [6, 6.07) is 12.9. The Morgan fingerprint density at radius 2 is 0.597 bits per heavy atom. The van der Waals surface area contributed by atoms with Crippen LogP contribution in [0.15, 0.2) is 118 Å². The molecule has 16 aromatic rings. The van der Waals surface area contributed by atoms with Gasteiger partial charge in [-0.25, -0.2) is 77.1 Å². The second-order valence-electron chi connectivity index (χ2n) is 41.1. The van der Waals surface area contributed by atoms with Crippen LogP contribution in [0.5, 0.6) is 0 Å². The van der Waals surface area contributed by atoms with E-state index in [4.69, 9.17) is 43.1 Å². The minimum atomic E-state index is -0.556. The summed E-state index contributed by atoms with van der Waals surface area (Å²) in [5.41, 5.74) is 11.3. The first-order valence-electron chi connectivity index (χ1n) is 46.4. The number of nitriles is 2. The molecule has 16 aliphatic rings. The smallest absolute Gasteiger partial charge is 0.330 e. The van der Waals surface area contributed by atoms with Gasteiger partial charge in [0, 0.05) is 64.5 Å². The van der Waals surface area contributed by atoms with E-state index in [1.807, 2.05) is 56.6 Å². The normalized spacial score (nSPS) is 30.1. The SMILES string of the molecule is Cc1cc2ncnn2cc1Nc1ncc2c(n1)n(C1C3CC4CC1CC(C#N)(C4)C3)c(=O)n2C.Cc1cc2ncnn2cc1Nc1ncc2c(n1)n(C1C3CC4CC1CC(O)(C4)C3)c(=O)n2C.Cn1c(=O)n(C2C3CC4CC2CC(C#N)(C4)C3)c2nc(Nc3cn4ncnc4cc3Cl)ncc21.Cn1c(=O)n(C2C3CC4CC2CC(O)(C4)C3)c2nc(Nc3cn4ncnc4cc3Cl)ncc21. The summed E-state index contributed by atoms with van der Waals surface area (Å²) in [5, 5.41) is 72.4. The Labute approximate surface area is 771 Å². The van der Waals surface area contributed by atoms with Gasteiger partial charge in [0.2, 0.25) is 23.8 Å². The molecule has 40 nitrogen and oxygen atoms in total. The molecule has 0 radical (unpaired) electrons. The number of fused-ring (bicyclic) bond motifs is 8. The van der Waals surface area contributed by atoms with Crippen molar-refractivity contribution in [2.45, 2.75) is 178 Å². The molecule has 0 amide bonds. The molecule has 42 heteroatoms. The Morgan fingerprint density at radius 3 is 0.866 bits per heavy atom. The van der Waals surface area contributed by atoms with Crippen molar-refractivity contribution in [3.8, 4) is 12.1 Å². The number of aromatic nitrogens is 28. The molecular formula is C92H96Cl2N34O6. The monoisotopic (exact) mass is 1840 g/mol. The Bertz CT molecular complexity index is 7440. The van der Waals surface area contributed by atoms with Gasteiger partial charge in [-0.1, -0.05) is 23.2 Å². The van der Waals surface area contributed by atoms with Crippen LogP contribution in [-0.4, -0.2) is 156 Å². The summed E-state index contributed by atoms with van der Waals surface area (Å²) < 4.78 is 20.7. The van der Waals surface area contributed by atoms with Gasteiger partial charge in [0.1, 0.15) is 47.4 Å². The van der Waals surface area contributed by atoms with Gasteiger partial charge >= 0.3 is 22.8 Å². The maximum Gasteiger partial charge on any atom is 0.330 e. The van der Waals surface area contributed by atoms with E-state index in [9.17, 15) is 39.9 Å². The van der Waals surface area contributed by atoms with Crippen LogP contribution in [0.3, 0.4) is 0 Å². The van der Waals surface area contributed by atoms with Crippen molar-refractivity contribution in [1.29, 1.82) is 10.5 Å². The molecule has 16 aliphatic carbocycles. The molecule has 16 saturated carbocycles. The number of aryl methyl sites for hydroxylation is 6. The number of halogens is 2. The maximum atomic E-state index is 13.5. The van der Waals surface area contributed by atoms with Crippen molar-refractivity contribution < 1.29 is 10.2 Å². The highest BCUT2D eigenvalue weighted by molar-refractivity contribution is 6.34. The largest absolute Gasteiger partial charge is 0.390 e. The van der Waals surface area contributed by atoms with Crippen molar-refractivity contribution in [2.75, 3.05) is 21.3 Å². The molecular weight excluding hydrogens is 1750 g/mol. The third-order valence-corrected chi connectivity index (χ3v) is 33.4. The fourth-order valence-corrected chi connectivity index (χ4v) is 28.6. The minimum absolute atomic E-state index is 0.0508. The van der Waals surface area contributed by atoms with Gasteiger partial charge < -0.3 is 31.5 Å². The number of aliphatic hydroxyl groups is 2. The van der Waals surface area contributed by atoms with Crippen molar-refractivity contribution >= 4 is 137 Å². The molecule has 0 aliphatic heterocycles. The zero-order chi connectivity index (χ0) is 91.3. The fraction of sp³-hybridized carbons (Fsp3) is 0.500. The zero-order valence-corrected chi connectivity index (χ0v) is 75.8. The predicted molar refractivity (Wildman–Crippen MR) is 492 cm³/mol. The lowest BCUT2D eigenvalue weighted by atomic mass is 9.48. The van der Waals surface area contributed by atoms with E-state index >= 15 is 0 Å². The third kappa shape index (κ3) is 13.2. The van der Waals surface area contributed by atoms with Gasteiger partial charge in [0.15, 0.2) is 45.2 Å². The van der Waals surface area contributed by atoms with Gasteiger partial charge in [-0.2, -0.15) is 50.9 Å². The predicted octanol–water partition coefficient (Wildman–Crippen LogP) is 11.6. The molecule has 134 heavy (non-hydrogen) atoms. The van der Waals surface area contributed by atoms with Crippen LogP contribution < -0.4 is 44.0 Å². The summed E-state index contributed by atoms with van der Waals surface area (Å²) in [6.07, 6.45) is 39.1. The lowest BCUT2D eigenvalue weighted by molar-refractivity contribution is -0.147. The van der Waals surface area contributed by atoms with E-state index in [-0.39, 0.29) is 57.8 Å². The van der Waals surface area contributed by atoms with Crippen molar-refractivity contribution in [3.63, 3.8) is 0 Å². The Hall–Kier alpha value is -13.4. The number of rotatable bonds is 12. The molecule has 16 bridgehead atoms. The summed E-state index contributed by atoms with van der Waals surface area (Å²) in [4.78, 5) is 107. The molecule has 32 rings (SSSR count). The van der Waals surface area contributed by atoms with Gasteiger partial charge in [-0.15, -0.1) is 0 Å². The van der Waals surface area contributed by atoms with Crippen LogP contribution in [0.25, 0.3) is 67.2 Å². The Kier molecular flexibility index (Phi) is 18.5. The summed E-state index contributed by atoms with van der Waals surface area (Å²) >= 11 is 12.9. The number of hydrogen-bond acceptors (Lipinski definition) is 28. The highest BCUT2D eigenvalue weighted by Gasteiger charge is 2.61. The molecule has 0 spiro atoms. The molecule has 0 saturated heterocycles. The Balaban J connectivity index is 0.0000000955. The first-order valence-corrected chi connectivity index (χ1v) is 47.1. The second kappa shape index (κ2) is 30.0. The maximum absolute atomic E-state index is 13.5. The number of imidazole rings is 4. The quantitative estimate of drug-likeness (QED) is 0.0661. The van der Waals surface area contributed by atoms with Gasteiger partial charge in [-0.05, 0) is 237 Å². The molecule has 16 fully saturated rings. The highest BCUT2D eigenvalue weighted by atomic mass is 35.5. The van der Waals surface area contributed by atoms with Crippen molar-refractivity contribution in [1.82, 2.24) is 135 Å². The minimum Gasteiger partial charge on any atom is -0.390 e. The number of nitrogens with zero attached hydrogens (tertiary/aromatic N) is 30. The summed E-state index contributed by atoms with van der Waals surface area (Å²) in [7, 11) is 7.09. The average Bonchev–Trinajstić information content (AvgIpc) is 1.43. The van der Waals surface area contributed by atoms with E-state index in [2.05, 4.69) is 93.7 Å². The standard InChI is InChI=1S/C24H25N9O.C23H22ClN9O.C23H26N8O2.C22H23ClN8O2/c1-13-3-19-27-12-28-32(19)10-17(13)29-22-26-9-18-21(30-22)33(23(34)31(18)2)20-15-4-14-5-16(20)8-24(6-14,7-15)11-25;1-31-17-8-26-21(29-16-9-32-18(4-15(16)24)27-11-28-32)30-20(17)33(22(31)34)19-13-2-12-3-14(19)7-23(5-12,6-13)10-25;1-12-3-18-25-11-26-30(18)10-16(12)27-21-24-9-17-20(28-21)31(22(32)29(17)2)19-14-4-13-5-15(19)8-23(33,6-13)7-14;1-29-16-8-24-20(27-15-9-30-17(4-14(15)23)25-10-26-30)28-19(16)31(21(29)32)18-12-2-11-3-13(18)7-22(33,5-11)6-12/h3,9-10,12,14-16,20H,4-8H2,1-2H3,(H,26,29,30);4,8-9,11-14,19H,2-3,5-7H2,1H3,(H,26,29,30);3,9-11,13-15,19,33H,4-8H2,1-2H3,(H,24,27,28);4,8-13,18,33H,2-3,5-7H2,1H3,(H,24,27,28). The molecule has 8 atom stereocenters. The van der Waals surface area contributed by atoms with Crippen LogP contribution in [0.4, 0.5) is 46.5 Å². The lowest BCUT2D eigenvalue weighted by Crippen LogP contribution is -2.56. The molecule has 6 N–H and O–H groups in total. The van der Waals surface area contributed by atoms with E-state index in [1.165, 1.54) is 25.3 Å². The van der Waals surface area contributed by atoms with E-state index in [0.717, 1.165) is 173 Å². The first-order chi connectivity index (χ1) is 64.7. The topological polar surface area (TPSA) is 468 Å². The van der Waals surface area contributed by atoms with Crippen LogP contribution in [-0.2, 0) is 28.2 Å². The lowest BCUT2D eigenvalue weighted by Gasteiger charge is -2.58. The van der Waals surface area contributed by atoms with Gasteiger partial charge in [-0.3, -0.25) is 36.5 Å². The highest BCUT2D eigenvalue weighted by Crippen LogP contribution is 2.66. The number of hydrogen-bond donors (Lipinski definition) is 6. The van der Waals surface area contributed by atoms with Crippen molar-refractivity contribution in [2.24, 2.45) is 110 Å². The van der Waals surface area contributed by atoms with Crippen LogP contribution in [0, 0.1) is 118 Å². The average molecular weight is 1840 g/mol. The van der Waals surface area contributed by atoms with E-state index in [0.29, 0.717) is 161 Å². The fourth-order valence-electron chi connectivity index (χ4n) is 28.2. The van der Waals surface area contributed by atoms with Crippen LogP contribution in [0.1, 0.15) is 164 Å². The van der Waals surface area contributed by atoms with E-state index in [1.54, 1.807) is 114 Å². The van der Waals surface area contributed by atoms with Gasteiger partial charge in [0.25, 0.3) is 0 Å². The number of nitrogens with one attached hydrogen (secondary N) is 4. The van der Waals surface area contributed by atoms with Crippen molar-refractivity contribution in [3.05, 3.63) is 162 Å². The molecule has 8 unspecified atom stereocenters. The molecule has 0 aromatic carbocycles.